The molecule has 5 heteroatoms. The van der Waals surface area contributed by atoms with Crippen molar-refractivity contribution in [2.75, 3.05) is 5.32 Å². The lowest BCUT2D eigenvalue weighted by molar-refractivity contribution is 0.102. The lowest BCUT2D eigenvalue weighted by atomic mass is 10.1. The molecule has 1 N–H and O–H groups in total. The third kappa shape index (κ3) is 3.09. The van der Waals surface area contributed by atoms with Crippen molar-refractivity contribution in [3.63, 3.8) is 0 Å². The van der Waals surface area contributed by atoms with Gasteiger partial charge < -0.3 is 5.32 Å². The Kier molecular flexibility index (Phi) is 3.99. The summed E-state index contributed by atoms with van der Waals surface area (Å²) in [5.41, 5.74) is 2.10. The van der Waals surface area contributed by atoms with E-state index in [2.05, 4.69) is 26.2 Å². The Morgan fingerprint density at radius 1 is 1.33 bits per heavy atom. The van der Waals surface area contributed by atoms with Gasteiger partial charge in [0.05, 0.1) is 11.9 Å². The fourth-order valence-corrected chi connectivity index (χ4v) is 1.80. The molecule has 0 bridgehead atoms. The van der Waals surface area contributed by atoms with E-state index in [0.29, 0.717) is 16.3 Å². The van der Waals surface area contributed by atoms with E-state index >= 15 is 0 Å². The van der Waals surface area contributed by atoms with Crippen molar-refractivity contribution >= 4 is 39.1 Å². The maximum absolute atomic E-state index is 12.0. The summed E-state index contributed by atoms with van der Waals surface area (Å²) >= 11 is 9.22. The van der Waals surface area contributed by atoms with Crippen LogP contribution in [0.2, 0.25) is 5.02 Å². The zero-order valence-electron chi connectivity index (χ0n) is 9.58. The maximum atomic E-state index is 12.0. The van der Waals surface area contributed by atoms with E-state index in [-0.39, 0.29) is 5.91 Å². The second kappa shape index (κ2) is 5.50. The number of anilines is 1. The van der Waals surface area contributed by atoms with Gasteiger partial charge >= 0.3 is 0 Å². The topological polar surface area (TPSA) is 42.0 Å². The molecule has 1 aromatic heterocycles. The largest absolute Gasteiger partial charge is 0.321 e. The molecule has 0 saturated carbocycles. The SMILES string of the molecule is Cc1ccc(C(=O)Nc2ccc(Br)nc2)cc1Cl. The Morgan fingerprint density at radius 3 is 2.72 bits per heavy atom. The molecule has 92 valence electrons. The zero-order valence-corrected chi connectivity index (χ0v) is 11.9. The van der Waals surface area contributed by atoms with Crippen LogP contribution in [0.4, 0.5) is 5.69 Å². The van der Waals surface area contributed by atoms with Crippen molar-refractivity contribution in [3.8, 4) is 0 Å². The van der Waals surface area contributed by atoms with Gasteiger partial charge in [-0.15, -0.1) is 0 Å². The Morgan fingerprint density at radius 2 is 2.11 bits per heavy atom. The molecule has 0 aliphatic rings. The average Bonchev–Trinajstić information content (AvgIpc) is 2.35. The average molecular weight is 326 g/mol. The predicted molar refractivity (Wildman–Crippen MR) is 76.1 cm³/mol. The molecule has 3 nitrogen and oxygen atoms in total. The number of nitrogens with one attached hydrogen (secondary N) is 1. The van der Waals surface area contributed by atoms with Gasteiger partial charge in [-0.05, 0) is 52.7 Å². The van der Waals surface area contributed by atoms with Crippen molar-refractivity contribution in [1.82, 2.24) is 4.98 Å². The molecule has 0 fully saturated rings. The van der Waals surface area contributed by atoms with Crippen LogP contribution in [0.15, 0.2) is 41.1 Å². The third-order valence-corrected chi connectivity index (χ3v) is 3.30. The number of aromatic nitrogens is 1. The van der Waals surface area contributed by atoms with Crippen LogP contribution in [0, 0.1) is 6.92 Å². The second-order valence-electron chi connectivity index (χ2n) is 3.79. The van der Waals surface area contributed by atoms with Crippen LogP contribution in [-0.4, -0.2) is 10.9 Å². The summed E-state index contributed by atoms with van der Waals surface area (Å²) in [4.78, 5) is 16.0. The van der Waals surface area contributed by atoms with Crippen molar-refractivity contribution in [3.05, 3.63) is 57.3 Å². The summed E-state index contributed by atoms with van der Waals surface area (Å²) in [7, 11) is 0. The molecule has 0 atom stereocenters. The summed E-state index contributed by atoms with van der Waals surface area (Å²) in [6.07, 6.45) is 1.58. The number of hydrogen-bond donors (Lipinski definition) is 1. The standard InChI is InChI=1S/C13H10BrClN2O/c1-8-2-3-9(6-11(8)15)13(18)17-10-4-5-12(14)16-7-10/h2-7H,1H3,(H,17,18). The first-order chi connectivity index (χ1) is 8.56. The van der Waals surface area contributed by atoms with Gasteiger partial charge in [0.25, 0.3) is 5.91 Å². The molecule has 0 aliphatic heterocycles. The summed E-state index contributed by atoms with van der Waals surface area (Å²) in [5.74, 6) is -0.207. The minimum absolute atomic E-state index is 0.207. The Balaban J connectivity index is 2.16. The van der Waals surface area contributed by atoms with Crippen LogP contribution in [0.5, 0.6) is 0 Å². The van der Waals surface area contributed by atoms with Gasteiger partial charge in [-0.25, -0.2) is 4.98 Å². The first kappa shape index (κ1) is 13.1. The lowest BCUT2D eigenvalue weighted by Gasteiger charge is -2.06. The molecular formula is C13H10BrClN2O. The number of carbonyl (C=O) groups is 1. The molecule has 0 aliphatic carbocycles. The number of benzene rings is 1. The van der Waals surface area contributed by atoms with Crippen LogP contribution >= 0.6 is 27.5 Å². The summed E-state index contributed by atoms with van der Waals surface area (Å²) in [6, 6.07) is 8.74. The number of carbonyl (C=O) groups excluding carboxylic acids is 1. The molecule has 1 heterocycles. The molecule has 1 aromatic carbocycles. The van der Waals surface area contributed by atoms with E-state index in [9.17, 15) is 4.79 Å². The molecule has 2 aromatic rings. The van der Waals surface area contributed by atoms with Gasteiger partial charge in [-0.1, -0.05) is 17.7 Å². The van der Waals surface area contributed by atoms with Crippen molar-refractivity contribution in [2.24, 2.45) is 0 Å². The van der Waals surface area contributed by atoms with Crippen molar-refractivity contribution in [1.29, 1.82) is 0 Å². The fourth-order valence-electron chi connectivity index (χ4n) is 1.39. The molecule has 2 rings (SSSR count). The quantitative estimate of drug-likeness (QED) is 0.846. The van der Waals surface area contributed by atoms with E-state index < -0.39 is 0 Å². The zero-order chi connectivity index (χ0) is 13.1. The molecule has 18 heavy (non-hydrogen) atoms. The van der Waals surface area contributed by atoms with E-state index in [1.165, 1.54) is 0 Å². The maximum Gasteiger partial charge on any atom is 0.255 e. The van der Waals surface area contributed by atoms with Crippen LogP contribution in [-0.2, 0) is 0 Å². The number of nitrogens with zero attached hydrogens (tertiary/aromatic N) is 1. The van der Waals surface area contributed by atoms with Gasteiger partial charge in [-0.2, -0.15) is 0 Å². The van der Waals surface area contributed by atoms with Crippen LogP contribution < -0.4 is 5.32 Å². The van der Waals surface area contributed by atoms with E-state index in [1.807, 2.05) is 13.0 Å². The van der Waals surface area contributed by atoms with Crippen molar-refractivity contribution < 1.29 is 4.79 Å². The molecule has 0 radical (unpaired) electrons. The highest BCUT2D eigenvalue weighted by Crippen LogP contribution is 2.18. The number of pyridine rings is 1. The number of hydrogen-bond acceptors (Lipinski definition) is 2. The highest BCUT2D eigenvalue weighted by molar-refractivity contribution is 9.10. The second-order valence-corrected chi connectivity index (χ2v) is 5.01. The lowest BCUT2D eigenvalue weighted by Crippen LogP contribution is -2.12. The third-order valence-electron chi connectivity index (χ3n) is 2.42. The van der Waals surface area contributed by atoms with E-state index in [4.69, 9.17) is 11.6 Å². The van der Waals surface area contributed by atoms with Gasteiger partial charge in [0, 0.05) is 10.6 Å². The van der Waals surface area contributed by atoms with Gasteiger partial charge in [-0.3, -0.25) is 4.79 Å². The summed E-state index contributed by atoms with van der Waals surface area (Å²) in [5, 5.41) is 3.33. The highest BCUT2D eigenvalue weighted by atomic mass is 79.9. The minimum Gasteiger partial charge on any atom is -0.321 e. The fraction of sp³-hybridized carbons (Fsp3) is 0.0769. The molecular weight excluding hydrogens is 316 g/mol. The van der Waals surface area contributed by atoms with Crippen LogP contribution in [0.25, 0.3) is 0 Å². The Labute approximate surface area is 118 Å². The Hall–Kier alpha value is -1.39. The van der Waals surface area contributed by atoms with Gasteiger partial charge in [0.2, 0.25) is 0 Å². The first-order valence-corrected chi connectivity index (χ1v) is 6.42. The normalized spacial score (nSPS) is 10.2. The van der Waals surface area contributed by atoms with Gasteiger partial charge in [0.1, 0.15) is 4.60 Å². The molecule has 0 spiro atoms. The number of rotatable bonds is 2. The summed E-state index contributed by atoms with van der Waals surface area (Å²) < 4.78 is 0.721. The molecule has 1 amide bonds. The van der Waals surface area contributed by atoms with Gasteiger partial charge in [0.15, 0.2) is 0 Å². The van der Waals surface area contributed by atoms with E-state index in [1.54, 1.807) is 30.5 Å². The number of halogens is 2. The first-order valence-electron chi connectivity index (χ1n) is 5.25. The van der Waals surface area contributed by atoms with Crippen LogP contribution in [0.3, 0.4) is 0 Å². The number of aryl methyl sites for hydroxylation is 1. The Bertz CT molecular complexity index is 584. The molecule has 0 unspecified atom stereocenters. The smallest absolute Gasteiger partial charge is 0.255 e. The predicted octanol–water partition coefficient (Wildman–Crippen LogP) is 4.06. The van der Waals surface area contributed by atoms with Crippen LogP contribution in [0.1, 0.15) is 15.9 Å². The molecule has 0 saturated heterocycles. The van der Waals surface area contributed by atoms with Crippen molar-refractivity contribution in [2.45, 2.75) is 6.92 Å². The van der Waals surface area contributed by atoms with E-state index in [0.717, 1.165) is 10.2 Å². The summed E-state index contributed by atoms with van der Waals surface area (Å²) in [6.45, 7) is 1.89. The minimum atomic E-state index is -0.207. The highest BCUT2D eigenvalue weighted by Gasteiger charge is 2.07. The number of amides is 1. The monoisotopic (exact) mass is 324 g/mol.